The molecule has 0 aromatic heterocycles. The first-order valence-electron chi connectivity index (χ1n) is 10.1. The van der Waals surface area contributed by atoms with Crippen LogP contribution in [-0.2, 0) is 14.8 Å². The van der Waals surface area contributed by atoms with Gasteiger partial charge >= 0.3 is 0 Å². The minimum Gasteiger partial charge on any atom is -0.274 e. The molecule has 0 unspecified atom stereocenters. The number of carbonyl (C=O) groups excluding carboxylic acids is 2. The Balaban J connectivity index is 1.74. The van der Waals surface area contributed by atoms with Crippen LogP contribution in [0.1, 0.15) is 45.7 Å². The van der Waals surface area contributed by atoms with E-state index in [2.05, 4.69) is 0 Å². The average Bonchev–Trinajstić information content (AvgIpc) is 3.07. The summed E-state index contributed by atoms with van der Waals surface area (Å²) in [6.45, 7) is 1.88. The van der Waals surface area contributed by atoms with Gasteiger partial charge in [-0.3, -0.25) is 14.5 Å². The predicted molar refractivity (Wildman–Crippen MR) is 119 cm³/mol. The minimum atomic E-state index is -4.08. The summed E-state index contributed by atoms with van der Waals surface area (Å²) < 4.78 is 29.2. The number of imide groups is 1. The molecular formula is C24H19ClN2O4S. The van der Waals surface area contributed by atoms with Gasteiger partial charge in [0.25, 0.3) is 5.91 Å². The number of hydrogen-bond donors (Lipinski definition) is 0. The molecule has 0 aliphatic carbocycles. The SMILES string of the molecule is Cc1ccc(S(=O)(=O)N2[C@@H](c3ccc(Cl)cc3)CC(=O)N3C(=O)c4ccccc4[C@@H]32)cc1. The van der Waals surface area contributed by atoms with Crippen molar-refractivity contribution in [2.45, 2.75) is 30.4 Å². The van der Waals surface area contributed by atoms with Crippen LogP contribution in [0.3, 0.4) is 0 Å². The van der Waals surface area contributed by atoms with Crippen molar-refractivity contribution in [1.29, 1.82) is 0 Å². The Hall–Kier alpha value is -3.00. The molecule has 0 radical (unpaired) electrons. The molecule has 8 heteroatoms. The molecule has 0 spiro atoms. The molecule has 162 valence electrons. The molecule has 32 heavy (non-hydrogen) atoms. The number of carbonyl (C=O) groups is 2. The quantitative estimate of drug-likeness (QED) is 0.534. The van der Waals surface area contributed by atoms with Gasteiger partial charge < -0.3 is 0 Å². The zero-order valence-electron chi connectivity index (χ0n) is 17.1. The maximum atomic E-state index is 14.0. The van der Waals surface area contributed by atoms with Gasteiger partial charge in [-0.2, -0.15) is 4.31 Å². The monoisotopic (exact) mass is 466 g/mol. The van der Waals surface area contributed by atoms with Gasteiger partial charge in [-0.25, -0.2) is 8.42 Å². The van der Waals surface area contributed by atoms with E-state index in [9.17, 15) is 18.0 Å². The van der Waals surface area contributed by atoms with E-state index >= 15 is 0 Å². The standard InChI is InChI=1S/C24H19ClN2O4S/c1-15-6-12-18(13-7-15)32(30,31)27-21(16-8-10-17(25)11-9-16)14-22(28)26-23(27)19-4-2-3-5-20(19)24(26)29/h2-13,21,23H,14H2,1H3/t21-,23+/m1/s1. The molecule has 2 atom stereocenters. The van der Waals surface area contributed by atoms with Crippen LogP contribution in [0.15, 0.2) is 77.7 Å². The number of fused-ring (bicyclic) bond motifs is 3. The number of nitrogens with zero attached hydrogens (tertiary/aromatic N) is 2. The Kier molecular flexibility index (Phi) is 4.93. The van der Waals surface area contributed by atoms with E-state index in [0.717, 1.165) is 10.5 Å². The molecule has 2 amide bonds. The maximum Gasteiger partial charge on any atom is 0.262 e. The van der Waals surface area contributed by atoms with Gasteiger partial charge in [-0.15, -0.1) is 0 Å². The third-order valence-electron chi connectivity index (χ3n) is 5.97. The van der Waals surface area contributed by atoms with E-state index in [-0.39, 0.29) is 11.3 Å². The summed E-state index contributed by atoms with van der Waals surface area (Å²) in [5.41, 5.74) is 2.40. The summed E-state index contributed by atoms with van der Waals surface area (Å²) in [5.74, 6) is -0.888. The second-order valence-corrected chi connectivity index (χ2v) is 10.2. The van der Waals surface area contributed by atoms with Crippen LogP contribution in [0.25, 0.3) is 0 Å². The highest BCUT2D eigenvalue weighted by atomic mass is 35.5. The van der Waals surface area contributed by atoms with Crippen molar-refractivity contribution in [1.82, 2.24) is 9.21 Å². The van der Waals surface area contributed by atoms with Crippen LogP contribution in [0.5, 0.6) is 0 Å². The molecule has 2 aliphatic heterocycles. The topological polar surface area (TPSA) is 74.8 Å². The van der Waals surface area contributed by atoms with Crippen LogP contribution >= 0.6 is 11.6 Å². The van der Waals surface area contributed by atoms with Crippen molar-refractivity contribution in [3.05, 3.63) is 100 Å². The predicted octanol–water partition coefficient (Wildman–Crippen LogP) is 4.47. The van der Waals surface area contributed by atoms with Crippen LogP contribution in [0.2, 0.25) is 5.02 Å². The summed E-state index contributed by atoms with van der Waals surface area (Å²) >= 11 is 6.04. The number of hydrogen-bond acceptors (Lipinski definition) is 4. The first kappa shape index (κ1) is 20.9. The average molecular weight is 467 g/mol. The molecule has 0 N–H and O–H groups in total. The van der Waals surface area contributed by atoms with Gasteiger partial charge in [0.15, 0.2) is 0 Å². The van der Waals surface area contributed by atoms with Gasteiger partial charge in [0.2, 0.25) is 15.9 Å². The molecule has 1 saturated heterocycles. The Bertz CT molecular complexity index is 1340. The van der Waals surface area contributed by atoms with Crippen molar-refractivity contribution >= 4 is 33.4 Å². The van der Waals surface area contributed by atoms with E-state index in [1.807, 2.05) is 6.92 Å². The number of benzene rings is 3. The molecule has 0 saturated carbocycles. The second-order valence-electron chi connectivity index (χ2n) is 7.95. The van der Waals surface area contributed by atoms with Crippen molar-refractivity contribution in [3.63, 3.8) is 0 Å². The normalized spacial score (nSPS) is 20.9. The smallest absolute Gasteiger partial charge is 0.262 e. The van der Waals surface area contributed by atoms with E-state index in [1.54, 1.807) is 72.8 Å². The molecular weight excluding hydrogens is 448 g/mol. The Morgan fingerprint density at radius 2 is 1.56 bits per heavy atom. The molecule has 3 aromatic rings. The fraction of sp³-hybridized carbons (Fsp3) is 0.167. The van der Waals surface area contributed by atoms with Gasteiger partial charge in [0, 0.05) is 22.6 Å². The summed E-state index contributed by atoms with van der Waals surface area (Å²) in [5, 5.41) is 0.506. The van der Waals surface area contributed by atoms with Crippen LogP contribution < -0.4 is 0 Å². The number of halogens is 1. The van der Waals surface area contributed by atoms with E-state index in [0.29, 0.717) is 21.7 Å². The third kappa shape index (κ3) is 3.16. The number of amides is 2. The summed E-state index contributed by atoms with van der Waals surface area (Å²) in [7, 11) is -4.08. The van der Waals surface area contributed by atoms with Gasteiger partial charge in [-0.05, 0) is 42.8 Å². The van der Waals surface area contributed by atoms with E-state index in [1.165, 1.54) is 4.31 Å². The molecule has 2 aliphatic rings. The zero-order valence-corrected chi connectivity index (χ0v) is 18.7. The number of aryl methyl sites for hydroxylation is 1. The van der Waals surface area contributed by atoms with Crippen molar-refractivity contribution in [2.75, 3.05) is 0 Å². The maximum absolute atomic E-state index is 14.0. The van der Waals surface area contributed by atoms with Crippen LogP contribution in [0, 0.1) is 6.92 Å². The van der Waals surface area contributed by atoms with Crippen LogP contribution in [-0.4, -0.2) is 29.4 Å². The van der Waals surface area contributed by atoms with Crippen molar-refractivity contribution in [2.24, 2.45) is 0 Å². The molecule has 6 nitrogen and oxygen atoms in total. The highest BCUT2D eigenvalue weighted by Crippen LogP contribution is 2.48. The molecule has 5 rings (SSSR count). The third-order valence-corrected chi connectivity index (χ3v) is 8.10. The Morgan fingerprint density at radius 1 is 0.906 bits per heavy atom. The largest absolute Gasteiger partial charge is 0.274 e. The molecule has 0 bridgehead atoms. The fourth-order valence-corrected chi connectivity index (χ4v) is 6.25. The second kappa shape index (κ2) is 7.55. The lowest BCUT2D eigenvalue weighted by atomic mass is 9.99. The summed E-state index contributed by atoms with van der Waals surface area (Å²) in [4.78, 5) is 27.3. The zero-order chi connectivity index (χ0) is 22.6. The Morgan fingerprint density at radius 3 is 2.25 bits per heavy atom. The highest BCUT2D eigenvalue weighted by molar-refractivity contribution is 7.89. The molecule has 3 aromatic carbocycles. The minimum absolute atomic E-state index is 0.105. The molecule has 2 heterocycles. The van der Waals surface area contributed by atoms with E-state index in [4.69, 9.17) is 11.6 Å². The molecule has 1 fully saturated rings. The lowest BCUT2D eigenvalue weighted by Gasteiger charge is -2.43. The van der Waals surface area contributed by atoms with Gasteiger partial charge in [-0.1, -0.05) is 59.6 Å². The first-order valence-corrected chi connectivity index (χ1v) is 11.9. The lowest BCUT2D eigenvalue weighted by molar-refractivity contribution is -0.138. The fourth-order valence-electron chi connectivity index (χ4n) is 4.40. The lowest BCUT2D eigenvalue weighted by Crippen LogP contribution is -2.52. The Labute approximate surface area is 191 Å². The van der Waals surface area contributed by atoms with Crippen molar-refractivity contribution in [3.8, 4) is 0 Å². The number of sulfonamides is 1. The summed E-state index contributed by atoms with van der Waals surface area (Å²) in [6, 6.07) is 19.3. The van der Waals surface area contributed by atoms with Gasteiger partial charge in [0.05, 0.1) is 10.9 Å². The highest BCUT2D eigenvalue weighted by Gasteiger charge is 2.54. The summed E-state index contributed by atoms with van der Waals surface area (Å²) in [6.07, 6.45) is -1.20. The first-order chi connectivity index (χ1) is 15.3. The van der Waals surface area contributed by atoms with E-state index < -0.39 is 34.0 Å². The number of rotatable bonds is 3. The van der Waals surface area contributed by atoms with Crippen molar-refractivity contribution < 1.29 is 18.0 Å². The van der Waals surface area contributed by atoms with Gasteiger partial charge in [0.1, 0.15) is 6.17 Å². The van der Waals surface area contributed by atoms with Crippen LogP contribution in [0.4, 0.5) is 0 Å².